The fourth-order valence-corrected chi connectivity index (χ4v) is 1.14. The van der Waals surface area contributed by atoms with Gasteiger partial charge in [0.25, 0.3) is 0 Å². The highest BCUT2D eigenvalue weighted by molar-refractivity contribution is 4.83. The molecule has 0 rings (SSSR count). The second-order valence-corrected chi connectivity index (χ2v) is 3.77. The van der Waals surface area contributed by atoms with Crippen molar-refractivity contribution in [2.24, 2.45) is 5.73 Å². The Labute approximate surface area is 88.4 Å². The molecule has 0 aliphatic rings. The molecule has 0 saturated heterocycles. The van der Waals surface area contributed by atoms with E-state index in [0.717, 1.165) is 6.42 Å². The van der Waals surface area contributed by atoms with Gasteiger partial charge in [-0.3, -0.25) is 9.64 Å². The van der Waals surface area contributed by atoms with Crippen LogP contribution in [0.3, 0.4) is 0 Å². The molecule has 0 spiro atoms. The molecule has 0 aromatic carbocycles. The Bertz CT molecular complexity index is 181. The van der Waals surface area contributed by atoms with Crippen LogP contribution in [0.2, 0.25) is 0 Å². The summed E-state index contributed by atoms with van der Waals surface area (Å²) in [7, 11) is 1.75. The highest BCUT2D eigenvalue weighted by Crippen LogP contribution is 2.18. The average molecular weight is 228 g/mol. The van der Waals surface area contributed by atoms with Crippen molar-refractivity contribution >= 4 is 0 Å². The maximum Gasteiger partial charge on any atom is 0.522 e. The third-order valence-corrected chi connectivity index (χ3v) is 2.82. The van der Waals surface area contributed by atoms with Gasteiger partial charge in [0.1, 0.15) is 0 Å². The molecule has 0 fully saturated rings. The summed E-state index contributed by atoms with van der Waals surface area (Å²) in [5.74, 6) is 0. The molecule has 0 radical (unpaired) electrons. The minimum Gasteiger partial charge on any atom is -0.329 e. The first-order valence-electron chi connectivity index (χ1n) is 4.87. The zero-order chi connectivity index (χ0) is 12.1. The molecular formula is C9H19F3N2O. The summed E-state index contributed by atoms with van der Waals surface area (Å²) in [6.45, 7) is 4.12. The second kappa shape index (κ2) is 5.67. The lowest BCUT2D eigenvalue weighted by Gasteiger charge is -2.37. The summed E-state index contributed by atoms with van der Waals surface area (Å²) >= 11 is 0. The molecule has 0 heterocycles. The van der Waals surface area contributed by atoms with Crippen LogP contribution in [-0.4, -0.2) is 43.5 Å². The Morgan fingerprint density at radius 2 is 1.87 bits per heavy atom. The van der Waals surface area contributed by atoms with E-state index in [9.17, 15) is 13.2 Å². The van der Waals surface area contributed by atoms with Gasteiger partial charge >= 0.3 is 6.36 Å². The second-order valence-electron chi connectivity index (χ2n) is 3.77. The van der Waals surface area contributed by atoms with E-state index in [1.165, 1.54) is 0 Å². The maximum absolute atomic E-state index is 11.7. The molecule has 1 unspecified atom stereocenters. The molecule has 92 valence electrons. The first-order valence-corrected chi connectivity index (χ1v) is 4.87. The topological polar surface area (TPSA) is 38.5 Å². The number of halogens is 3. The van der Waals surface area contributed by atoms with Gasteiger partial charge in [-0.2, -0.15) is 0 Å². The van der Waals surface area contributed by atoms with Crippen molar-refractivity contribution < 1.29 is 17.9 Å². The Morgan fingerprint density at radius 1 is 1.33 bits per heavy atom. The van der Waals surface area contributed by atoms with Gasteiger partial charge in [0.15, 0.2) is 0 Å². The van der Waals surface area contributed by atoms with E-state index in [1.54, 1.807) is 11.9 Å². The summed E-state index contributed by atoms with van der Waals surface area (Å²) in [6, 6.07) is 0. The van der Waals surface area contributed by atoms with Crippen molar-refractivity contribution in [3.63, 3.8) is 0 Å². The fraction of sp³-hybridized carbons (Fsp3) is 1.00. The van der Waals surface area contributed by atoms with Crippen molar-refractivity contribution in [1.29, 1.82) is 0 Å². The van der Waals surface area contributed by atoms with Crippen LogP contribution < -0.4 is 5.73 Å². The molecule has 2 N–H and O–H groups in total. The highest BCUT2D eigenvalue weighted by atomic mass is 19.4. The number of hydrogen-bond acceptors (Lipinski definition) is 3. The SMILES string of the molecule is CCC(C)(CN)N(C)CCOC(F)(F)F. The molecule has 0 aromatic heterocycles. The third-order valence-electron chi connectivity index (χ3n) is 2.82. The largest absolute Gasteiger partial charge is 0.522 e. The number of nitrogens with zero attached hydrogens (tertiary/aromatic N) is 1. The first kappa shape index (κ1) is 14.7. The van der Waals surface area contributed by atoms with Gasteiger partial charge in [-0.1, -0.05) is 6.92 Å². The lowest BCUT2D eigenvalue weighted by molar-refractivity contribution is -0.325. The van der Waals surface area contributed by atoms with Crippen LogP contribution in [-0.2, 0) is 4.74 Å². The van der Waals surface area contributed by atoms with Crippen LogP contribution in [0.25, 0.3) is 0 Å². The monoisotopic (exact) mass is 228 g/mol. The molecule has 15 heavy (non-hydrogen) atoms. The molecule has 1 atom stereocenters. The predicted molar refractivity (Wildman–Crippen MR) is 52.4 cm³/mol. The lowest BCUT2D eigenvalue weighted by Crippen LogP contribution is -2.50. The van der Waals surface area contributed by atoms with E-state index in [-0.39, 0.29) is 18.7 Å². The Balaban J connectivity index is 3.97. The van der Waals surface area contributed by atoms with Crippen LogP contribution in [0, 0.1) is 0 Å². The molecule has 6 heteroatoms. The molecule has 0 bridgehead atoms. The van der Waals surface area contributed by atoms with Gasteiger partial charge in [-0.05, 0) is 20.4 Å². The van der Waals surface area contributed by atoms with Crippen molar-refractivity contribution in [1.82, 2.24) is 4.90 Å². The van der Waals surface area contributed by atoms with Crippen LogP contribution in [0.15, 0.2) is 0 Å². The van der Waals surface area contributed by atoms with Crippen molar-refractivity contribution in [2.75, 3.05) is 26.7 Å². The number of alkyl halides is 3. The molecule has 0 aliphatic carbocycles. The third kappa shape index (κ3) is 5.34. The molecule has 0 aliphatic heterocycles. The number of ether oxygens (including phenoxy) is 1. The van der Waals surface area contributed by atoms with Gasteiger partial charge in [0.2, 0.25) is 0 Å². The summed E-state index contributed by atoms with van der Waals surface area (Å²) in [5, 5.41) is 0. The molecule has 0 saturated carbocycles. The van der Waals surface area contributed by atoms with E-state index < -0.39 is 6.36 Å². The van der Waals surface area contributed by atoms with Gasteiger partial charge in [0, 0.05) is 18.6 Å². The zero-order valence-electron chi connectivity index (χ0n) is 9.40. The minimum absolute atomic E-state index is 0.209. The average Bonchev–Trinajstić information content (AvgIpc) is 2.14. The van der Waals surface area contributed by atoms with Crippen molar-refractivity contribution in [2.45, 2.75) is 32.2 Å². The van der Waals surface area contributed by atoms with E-state index in [2.05, 4.69) is 4.74 Å². The zero-order valence-corrected chi connectivity index (χ0v) is 9.40. The van der Waals surface area contributed by atoms with Gasteiger partial charge in [-0.25, -0.2) is 0 Å². The smallest absolute Gasteiger partial charge is 0.329 e. The Kier molecular flexibility index (Phi) is 5.55. The molecule has 0 aromatic rings. The van der Waals surface area contributed by atoms with E-state index in [1.807, 2.05) is 13.8 Å². The normalized spacial score (nSPS) is 16.8. The predicted octanol–water partition coefficient (Wildman–Crippen LogP) is 1.58. The highest BCUT2D eigenvalue weighted by Gasteiger charge is 2.30. The van der Waals surface area contributed by atoms with Gasteiger partial charge in [0.05, 0.1) is 6.61 Å². The van der Waals surface area contributed by atoms with E-state index in [0.29, 0.717) is 6.54 Å². The van der Waals surface area contributed by atoms with Gasteiger partial charge < -0.3 is 5.73 Å². The van der Waals surface area contributed by atoms with Crippen LogP contribution >= 0.6 is 0 Å². The fourth-order valence-electron chi connectivity index (χ4n) is 1.14. The van der Waals surface area contributed by atoms with Crippen LogP contribution in [0.1, 0.15) is 20.3 Å². The molecule has 0 amide bonds. The van der Waals surface area contributed by atoms with Crippen molar-refractivity contribution in [3.8, 4) is 0 Å². The number of nitrogens with two attached hydrogens (primary N) is 1. The number of rotatable bonds is 6. The summed E-state index contributed by atoms with van der Waals surface area (Å²) in [5.41, 5.74) is 5.30. The van der Waals surface area contributed by atoms with Crippen molar-refractivity contribution in [3.05, 3.63) is 0 Å². The maximum atomic E-state index is 11.7. The first-order chi connectivity index (χ1) is 6.75. The van der Waals surface area contributed by atoms with E-state index >= 15 is 0 Å². The standard InChI is InChI=1S/C9H19F3N2O/c1-4-8(2,7-13)14(3)5-6-15-9(10,11)12/h4-7,13H2,1-3H3. The summed E-state index contributed by atoms with van der Waals surface area (Å²) in [4.78, 5) is 1.79. The lowest BCUT2D eigenvalue weighted by atomic mass is 9.97. The quantitative estimate of drug-likeness (QED) is 0.750. The molecular weight excluding hydrogens is 209 g/mol. The van der Waals surface area contributed by atoms with Gasteiger partial charge in [-0.15, -0.1) is 13.2 Å². The number of hydrogen-bond donors (Lipinski definition) is 1. The Hall–Kier alpha value is -0.330. The summed E-state index contributed by atoms with van der Waals surface area (Å²) in [6.07, 6.45) is -3.77. The minimum atomic E-state index is -4.55. The van der Waals surface area contributed by atoms with Crippen LogP contribution in [0.4, 0.5) is 13.2 Å². The van der Waals surface area contributed by atoms with E-state index in [4.69, 9.17) is 5.73 Å². The molecule has 3 nitrogen and oxygen atoms in total. The summed E-state index contributed by atoms with van der Waals surface area (Å²) < 4.78 is 38.8. The number of likely N-dealkylation sites (N-methyl/N-ethyl adjacent to an activating group) is 1. The van der Waals surface area contributed by atoms with Crippen LogP contribution in [0.5, 0.6) is 0 Å². The Morgan fingerprint density at radius 3 is 2.20 bits per heavy atom.